The van der Waals surface area contributed by atoms with Crippen molar-refractivity contribution in [3.8, 4) is 0 Å². The molecule has 3 nitrogen and oxygen atoms in total. The Bertz CT molecular complexity index is 375. The summed E-state index contributed by atoms with van der Waals surface area (Å²) in [6, 6.07) is 1.06. The van der Waals surface area contributed by atoms with Crippen LogP contribution < -0.4 is 5.32 Å². The fraction of sp³-hybridized carbons (Fsp3) is 0.812. The van der Waals surface area contributed by atoms with E-state index in [1.165, 1.54) is 24.8 Å². The molecule has 3 unspecified atom stereocenters. The first-order chi connectivity index (χ1) is 9.13. The van der Waals surface area contributed by atoms with Gasteiger partial charge < -0.3 is 5.32 Å². The van der Waals surface area contributed by atoms with Crippen molar-refractivity contribution < 1.29 is 0 Å². The molecule has 1 heterocycles. The molecule has 3 atom stereocenters. The van der Waals surface area contributed by atoms with Gasteiger partial charge >= 0.3 is 0 Å². The molecule has 108 valence electrons. The van der Waals surface area contributed by atoms with E-state index in [2.05, 4.69) is 55.2 Å². The number of nitrogens with one attached hydrogen (secondary N) is 1. The van der Waals surface area contributed by atoms with Gasteiger partial charge in [-0.25, -0.2) is 0 Å². The van der Waals surface area contributed by atoms with Gasteiger partial charge in [-0.05, 0) is 44.1 Å². The monoisotopic (exact) mass is 263 g/mol. The average Bonchev–Trinajstić information content (AvgIpc) is 2.84. The van der Waals surface area contributed by atoms with E-state index in [0.717, 1.165) is 24.8 Å². The van der Waals surface area contributed by atoms with Crippen LogP contribution in [0, 0.1) is 11.8 Å². The summed E-state index contributed by atoms with van der Waals surface area (Å²) >= 11 is 0. The third-order valence-corrected chi connectivity index (χ3v) is 4.41. The van der Waals surface area contributed by atoms with Gasteiger partial charge in [-0.3, -0.25) is 4.68 Å². The van der Waals surface area contributed by atoms with Crippen LogP contribution in [0.15, 0.2) is 12.4 Å². The standard InChI is InChI=1S/C16H29N3/c1-5-16(17-6-2)14-10-18-19(11-14)15-8-12(3)7-13(4)9-15/h10-13,15-17H,5-9H2,1-4H3. The van der Waals surface area contributed by atoms with Crippen molar-refractivity contribution in [1.82, 2.24) is 15.1 Å². The van der Waals surface area contributed by atoms with Crippen LogP contribution in [-0.2, 0) is 0 Å². The third kappa shape index (κ3) is 3.59. The summed E-state index contributed by atoms with van der Waals surface area (Å²) in [4.78, 5) is 0. The number of hydrogen-bond acceptors (Lipinski definition) is 2. The lowest BCUT2D eigenvalue weighted by Crippen LogP contribution is -2.23. The van der Waals surface area contributed by atoms with Gasteiger partial charge in [-0.15, -0.1) is 0 Å². The highest BCUT2D eigenvalue weighted by atomic mass is 15.3. The maximum absolute atomic E-state index is 4.64. The molecule has 19 heavy (non-hydrogen) atoms. The Morgan fingerprint density at radius 2 is 1.95 bits per heavy atom. The Balaban J connectivity index is 2.07. The zero-order chi connectivity index (χ0) is 13.8. The van der Waals surface area contributed by atoms with E-state index in [0.29, 0.717) is 12.1 Å². The van der Waals surface area contributed by atoms with E-state index >= 15 is 0 Å². The third-order valence-electron chi connectivity index (χ3n) is 4.41. The summed E-state index contributed by atoms with van der Waals surface area (Å²) in [7, 11) is 0. The molecule has 1 N–H and O–H groups in total. The second kappa shape index (κ2) is 6.56. The summed E-state index contributed by atoms with van der Waals surface area (Å²) < 4.78 is 2.22. The smallest absolute Gasteiger partial charge is 0.0537 e. The second-order valence-corrected chi connectivity index (χ2v) is 6.34. The molecule has 0 saturated heterocycles. The molecule has 0 aromatic carbocycles. The molecule has 1 aliphatic rings. The van der Waals surface area contributed by atoms with Crippen molar-refractivity contribution in [3.05, 3.63) is 18.0 Å². The molecule has 1 saturated carbocycles. The molecule has 1 aliphatic carbocycles. The van der Waals surface area contributed by atoms with Gasteiger partial charge in [0.15, 0.2) is 0 Å². The average molecular weight is 263 g/mol. The lowest BCUT2D eigenvalue weighted by atomic mass is 9.80. The second-order valence-electron chi connectivity index (χ2n) is 6.34. The van der Waals surface area contributed by atoms with Gasteiger partial charge in [-0.1, -0.05) is 27.7 Å². The van der Waals surface area contributed by atoms with Crippen molar-refractivity contribution in [2.75, 3.05) is 6.54 Å². The highest BCUT2D eigenvalue weighted by molar-refractivity contribution is 5.10. The largest absolute Gasteiger partial charge is 0.310 e. The Hall–Kier alpha value is -0.830. The van der Waals surface area contributed by atoms with Gasteiger partial charge in [0.2, 0.25) is 0 Å². The van der Waals surface area contributed by atoms with Gasteiger partial charge in [0.05, 0.1) is 12.2 Å². The van der Waals surface area contributed by atoms with E-state index in [1.807, 2.05) is 0 Å². The lowest BCUT2D eigenvalue weighted by molar-refractivity contribution is 0.210. The van der Waals surface area contributed by atoms with E-state index in [1.54, 1.807) is 0 Å². The Labute approximate surface area is 117 Å². The molecule has 0 bridgehead atoms. The molecule has 0 radical (unpaired) electrons. The van der Waals surface area contributed by atoms with Crippen LogP contribution in [0.25, 0.3) is 0 Å². The first-order valence-electron chi connectivity index (χ1n) is 7.91. The van der Waals surface area contributed by atoms with Gasteiger partial charge in [0.25, 0.3) is 0 Å². The number of hydrogen-bond donors (Lipinski definition) is 1. The highest BCUT2D eigenvalue weighted by Crippen LogP contribution is 2.35. The first kappa shape index (κ1) is 14.6. The Morgan fingerprint density at radius 3 is 2.53 bits per heavy atom. The zero-order valence-corrected chi connectivity index (χ0v) is 12.9. The number of nitrogens with zero attached hydrogens (tertiary/aromatic N) is 2. The van der Waals surface area contributed by atoms with Crippen molar-refractivity contribution in [2.24, 2.45) is 11.8 Å². The number of rotatable bonds is 5. The van der Waals surface area contributed by atoms with E-state index < -0.39 is 0 Å². The van der Waals surface area contributed by atoms with E-state index in [-0.39, 0.29) is 0 Å². The molecule has 0 amide bonds. The molecule has 1 aromatic heterocycles. The molecule has 1 fully saturated rings. The van der Waals surface area contributed by atoms with Crippen LogP contribution >= 0.6 is 0 Å². The molecule has 3 heteroatoms. The molecule has 2 rings (SSSR count). The highest BCUT2D eigenvalue weighted by Gasteiger charge is 2.26. The van der Waals surface area contributed by atoms with Crippen molar-refractivity contribution in [1.29, 1.82) is 0 Å². The lowest BCUT2D eigenvalue weighted by Gasteiger charge is -2.31. The minimum Gasteiger partial charge on any atom is -0.310 e. The van der Waals surface area contributed by atoms with Crippen molar-refractivity contribution >= 4 is 0 Å². The summed E-state index contributed by atoms with van der Waals surface area (Å²) in [6.45, 7) is 10.2. The van der Waals surface area contributed by atoms with Crippen LogP contribution in [0.3, 0.4) is 0 Å². The van der Waals surface area contributed by atoms with E-state index in [4.69, 9.17) is 0 Å². The maximum Gasteiger partial charge on any atom is 0.0537 e. The quantitative estimate of drug-likeness (QED) is 0.872. The van der Waals surface area contributed by atoms with Gasteiger partial charge in [-0.2, -0.15) is 5.10 Å². The van der Waals surface area contributed by atoms with Crippen LogP contribution in [0.4, 0.5) is 0 Å². The van der Waals surface area contributed by atoms with Gasteiger partial charge in [0, 0.05) is 17.8 Å². The predicted octanol–water partition coefficient (Wildman–Crippen LogP) is 3.94. The summed E-state index contributed by atoms with van der Waals surface area (Å²) in [5.74, 6) is 1.66. The van der Waals surface area contributed by atoms with Crippen LogP contribution in [0.2, 0.25) is 0 Å². The van der Waals surface area contributed by atoms with Crippen LogP contribution in [-0.4, -0.2) is 16.3 Å². The molecular weight excluding hydrogens is 234 g/mol. The van der Waals surface area contributed by atoms with Crippen molar-refractivity contribution in [2.45, 2.75) is 65.5 Å². The van der Waals surface area contributed by atoms with Crippen molar-refractivity contribution in [3.63, 3.8) is 0 Å². The molecule has 0 spiro atoms. The topological polar surface area (TPSA) is 29.9 Å². The normalized spacial score (nSPS) is 29.4. The SMILES string of the molecule is CCNC(CC)c1cnn(C2CC(C)CC(C)C2)c1. The Morgan fingerprint density at radius 1 is 1.26 bits per heavy atom. The maximum atomic E-state index is 4.64. The first-order valence-corrected chi connectivity index (χ1v) is 7.91. The van der Waals surface area contributed by atoms with Crippen LogP contribution in [0.5, 0.6) is 0 Å². The zero-order valence-electron chi connectivity index (χ0n) is 12.9. The molecular formula is C16H29N3. The fourth-order valence-corrected chi connectivity index (χ4v) is 3.60. The Kier molecular flexibility index (Phi) is 5.03. The summed E-state index contributed by atoms with van der Waals surface area (Å²) in [5, 5.41) is 8.17. The van der Waals surface area contributed by atoms with Gasteiger partial charge in [0.1, 0.15) is 0 Å². The minimum atomic E-state index is 0.456. The summed E-state index contributed by atoms with van der Waals surface area (Å²) in [5.41, 5.74) is 1.34. The molecule has 0 aliphatic heterocycles. The summed E-state index contributed by atoms with van der Waals surface area (Å²) in [6.07, 6.45) is 9.39. The minimum absolute atomic E-state index is 0.456. The number of aromatic nitrogens is 2. The predicted molar refractivity (Wildman–Crippen MR) is 80.2 cm³/mol. The molecule has 1 aromatic rings. The fourth-order valence-electron chi connectivity index (χ4n) is 3.60. The van der Waals surface area contributed by atoms with Crippen LogP contribution in [0.1, 0.15) is 71.0 Å². The van der Waals surface area contributed by atoms with E-state index in [9.17, 15) is 0 Å².